The Hall–Kier alpha value is -3.43. The Morgan fingerprint density at radius 2 is 1.63 bits per heavy atom. The number of rotatable bonds is 9. The number of carbonyl (C=O) groups excluding carboxylic acids is 2. The van der Waals surface area contributed by atoms with Crippen LogP contribution in [-0.4, -0.2) is 62.6 Å². The highest BCUT2D eigenvalue weighted by Gasteiger charge is 2.27. The molecule has 1 atom stereocenters. The minimum absolute atomic E-state index is 0.0366. The van der Waals surface area contributed by atoms with Crippen molar-refractivity contribution in [1.82, 2.24) is 0 Å². The van der Waals surface area contributed by atoms with Crippen molar-refractivity contribution in [3.63, 3.8) is 0 Å². The largest absolute Gasteiger partial charge is 0.464 e. The molecule has 10 heteroatoms. The highest BCUT2D eigenvalue weighted by molar-refractivity contribution is 6.44. The van der Waals surface area contributed by atoms with Crippen LogP contribution in [0.4, 0.5) is 0 Å². The van der Waals surface area contributed by atoms with E-state index >= 15 is 0 Å². The van der Waals surface area contributed by atoms with Gasteiger partial charge in [-0.25, -0.2) is 9.59 Å². The van der Waals surface area contributed by atoms with Crippen molar-refractivity contribution in [1.29, 1.82) is 0 Å². The zero-order chi connectivity index (χ0) is 22.7. The lowest BCUT2D eigenvalue weighted by Crippen LogP contribution is -2.35. The van der Waals surface area contributed by atoms with E-state index in [1.807, 2.05) is 0 Å². The number of benzene rings is 1. The van der Waals surface area contributed by atoms with Gasteiger partial charge < -0.3 is 24.0 Å². The lowest BCUT2D eigenvalue weighted by Gasteiger charge is -2.21. The van der Waals surface area contributed by atoms with Crippen molar-refractivity contribution in [3.8, 4) is 0 Å². The summed E-state index contributed by atoms with van der Waals surface area (Å²) in [5.41, 5.74) is 0.0930. The van der Waals surface area contributed by atoms with Crippen LogP contribution in [0, 0.1) is 0 Å². The number of methoxy groups -OCH3 is 1. The molecule has 1 aromatic rings. The molecule has 0 amide bonds. The van der Waals surface area contributed by atoms with E-state index < -0.39 is 23.6 Å². The van der Waals surface area contributed by atoms with Gasteiger partial charge >= 0.3 is 11.9 Å². The second-order valence-electron chi connectivity index (χ2n) is 6.84. The number of carbonyl (C=O) groups is 2. The zero-order valence-electron chi connectivity index (χ0n) is 18.2. The van der Waals surface area contributed by atoms with Gasteiger partial charge in [-0.05, 0) is 27.7 Å². The first-order valence-corrected chi connectivity index (χ1v) is 8.97. The van der Waals surface area contributed by atoms with E-state index in [1.165, 1.54) is 27.5 Å². The monoisotopic (exact) mass is 421 g/mol. The van der Waals surface area contributed by atoms with E-state index in [4.69, 9.17) is 24.0 Å². The lowest BCUT2D eigenvalue weighted by atomic mass is 10.0. The minimum Gasteiger partial charge on any atom is -0.464 e. The predicted molar refractivity (Wildman–Crippen MR) is 110 cm³/mol. The predicted octanol–water partition coefficient (Wildman–Crippen LogP) is 2.29. The van der Waals surface area contributed by atoms with Crippen molar-refractivity contribution < 1.29 is 33.6 Å². The normalized spacial score (nSPS) is 13.6. The Labute approximate surface area is 175 Å². The van der Waals surface area contributed by atoms with Gasteiger partial charge in [0.15, 0.2) is 11.8 Å². The maximum atomic E-state index is 12.3. The molecule has 164 valence electrons. The molecule has 0 saturated carbocycles. The fourth-order valence-corrected chi connectivity index (χ4v) is 2.14. The van der Waals surface area contributed by atoms with Gasteiger partial charge in [0.25, 0.3) is 0 Å². The van der Waals surface area contributed by atoms with Crippen LogP contribution in [0.25, 0.3) is 0 Å². The Balaban J connectivity index is 3.06. The van der Waals surface area contributed by atoms with E-state index in [9.17, 15) is 9.59 Å². The van der Waals surface area contributed by atoms with Crippen LogP contribution in [0.1, 0.15) is 38.8 Å². The van der Waals surface area contributed by atoms with Crippen LogP contribution in [-0.2, 0) is 33.6 Å². The first kappa shape index (κ1) is 24.6. The second-order valence-corrected chi connectivity index (χ2v) is 6.84. The first-order valence-electron chi connectivity index (χ1n) is 8.97. The molecule has 0 fully saturated rings. The maximum absolute atomic E-state index is 12.3. The standard InChI is InChI=1S/C20H27N3O7/c1-13(16(22-27-6)19(25)29-20(2,3)4)30-21-12-14-10-8-9-11-15(14)17(23-28-7)18(24)26-5/h8-13H,1-7H3. The van der Waals surface area contributed by atoms with Crippen molar-refractivity contribution in [2.45, 2.75) is 39.4 Å². The average Bonchev–Trinajstić information content (AvgIpc) is 2.68. The average molecular weight is 421 g/mol. The molecular weight excluding hydrogens is 394 g/mol. The van der Waals surface area contributed by atoms with E-state index in [0.29, 0.717) is 11.1 Å². The molecule has 0 spiro atoms. The van der Waals surface area contributed by atoms with Gasteiger partial charge in [-0.3, -0.25) is 0 Å². The summed E-state index contributed by atoms with van der Waals surface area (Å²) in [5, 5.41) is 11.3. The summed E-state index contributed by atoms with van der Waals surface area (Å²) in [5.74, 6) is -1.36. The second kappa shape index (κ2) is 11.5. The van der Waals surface area contributed by atoms with Crippen molar-refractivity contribution in [2.75, 3.05) is 21.3 Å². The van der Waals surface area contributed by atoms with Crippen LogP contribution < -0.4 is 0 Å². The third-order valence-corrected chi connectivity index (χ3v) is 3.37. The number of oxime groups is 3. The molecule has 0 aliphatic heterocycles. The zero-order valence-corrected chi connectivity index (χ0v) is 18.2. The number of hydrogen-bond donors (Lipinski definition) is 0. The highest BCUT2D eigenvalue weighted by atomic mass is 16.7. The molecule has 30 heavy (non-hydrogen) atoms. The topological polar surface area (TPSA) is 117 Å². The summed E-state index contributed by atoms with van der Waals surface area (Å²) >= 11 is 0. The van der Waals surface area contributed by atoms with Gasteiger partial charge in [-0.1, -0.05) is 39.7 Å². The Bertz CT molecular complexity index is 826. The number of ether oxygens (including phenoxy) is 2. The third kappa shape index (κ3) is 7.53. The van der Waals surface area contributed by atoms with Crippen molar-refractivity contribution in [3.05, 3.63) is 35.4 Å². The molecule has 1 rings (SSSR count). The SMILES string of the molecule is CON=C(C(=O)OC)c1ccccc1C=NOC(C)C(=NOC)C(=O)OC(C)(C)C. The molecule has 1 unspecified atom stereocenters. The summed E-state index contributed by atoms with van der Waals surface area (Å²) in [6.45, 7) is 6.76. The number of nitrogens with zero attached hydrogens (tertiary/aromatic N) is 3. The molecule has 0 aliphatic rings. The summed E-state index contributed by atoms with van der Waals surface area (Å²) in [6, 6.07) is 6.81. The van der Waals surface area contributed by atoms with Gasteiger partial charge in [0.2, 0.25) is 5.71 Å². The molecule has 0 N–H and O–H groups in total. The van der Waals surface area contributed by atoms with E-state index in [-0.39, 0.29) is 11.4 Å². The summed E-state index contributed by atoms with van der Waals surface area (Å²) in [7, 11) is 3.86. The highest BCUT2D eigenvalue weighted by Crippen LogP contribution is 2.12. The summed E-state index contributed by atoms with van der Waals surface area (Å²) < 4.78 is 10.0. The molecule has 0 radical (unpaired) electrons. The van der Waals surface area contributed by atoms with Crippen LogP contribution in [0.3, 0.4) is 0 Å². The van der Waals surface area contributed by atoms with Gasteiger partial charge in [0.05, 0.1) is 13.3 Å². The smallest absolute Gasteiger partial charge is 0.360 e. The van der Waals surface area contributed by atoms with Gasteiger partial charge in [-0.2, -0.15) is 0 Å². The van der Waals surface area contributed by atoms with Gasteiger partial charge in [-0.15, -0.1) is 0 Å². The van der Waals surface area contributed by atoms with Crippen molar-refractivity contribution >= 4 is 29.6 Å². The van der Waals surface area contributed by atoms with Crippen LogP contribution in [0.2, 0.25) is 0 Å². The summed E-state index contributed by atoms with van der Waals surface area (Å²) in [6.07, 6.45) is 0.496. The van der Waals surface area contributed by atoms with E-state index in [1.54, 1.807) is 52.0 Å². The van der Waals surface area contributed by atoms with Crippen LogP contribution in [0.5, 0.6) is 0 Å². The van der Waals surface area contributed by atoms with Gasteiger partial charge in [0, 0.05) is 11.1 Å². The summed E-state index contributed by atoms with van der Waals surface area (Å²) in [4.78, 5) is 39.1. The van der Waals surface area contributed by atoms with E-state index in [0.717, 1.165) is 0 Å². The van der Waals surface area contributed by atoms with Crippen molar-refractivity contribution in [2.24, 2.45) is 15.5 Å². The number of hydrogen-bond acceptors (Lipinski definition) is 10. The molecular formula is C20H27N3O7. The molecule has 0 aliphatic carbocycles. The minimum atomic E-state index is -0.865. The Morgan fingerprint density at radius 3 is 2.20 bits per heavy atom. The lowest BCUT2D eigenvalue weighted by molar-refractivity contribution is -0.147. The molecule has 0 heterocycles. The fraction of sp³-hybridized carbons (Fsp3) is 0.450. The number of esters is 2. The fourth-order valence-electron chi connectivity index (χ4n) is 2.14. The maximum Gasteiger partial charge on any atom is 0.360 e. The van der Waals surface area contributed by atoms with Crippen LogP contribution in [0.15, 0.2) is 39.7 Å². The van der Waals surface area contributed by atoms with Gasteiger partial charge in [0.1, 0.15) is 19.8 Å². The Morgan fingerprint density at radius 1 is 1.00 bits per heavy atom. The Kier molecular flexibility index (Phi) is 9.47. The van der Waals surface area contributed by atoms with E-state index in [2.05, 4.69) is 15.5 Å². The molecule has 0 bridgehead atoms. The van der Waals surface area contributed by atoms with Crippen LogP contribution >= 0.6 is 0 Å². The molecule has 10 nitrogen and oxygen atoms in total. The molecule has 0 aromatic heterocycles. The quantitative estimate of drug-likeness (QED) is 0.341. The third-order valence-electron chi connectivity index (χ3n) is 3.37. The molecule has 1 aromatic carbocycles. The first-order chi connectivity index (χ1) is 14.1. The molecule has 0 saturated heterocycles.